The molecule has 0 unspecified atom stereocenters. The van der Waals surface area contributed by atoms with E-state index in [0.29, 0.717) is 29.6 Å². The van der Waals surface area contributed by atoms with E-state index in [1.807, 2.05) is 6.07 Å². The molecule has 1 N–H and O–H groups in total. The molecule has 0 saturated heterocycles. The Kier molecular flexibility index (Phi) is 7.05. The van der Waals surface area contributed by atoms with Crippen LogP contribution in [0.1, 0.15) is 49.7 Å². The number of nitrogens with zero attached hydrogens (tertiary/aromatic N) is 1. The molecule has 7 nitrogen and oxygen atoms in total. The number of carbonyl (C=O) groups excluding carboxylic acids is 3. The lowest BCUT2D eigenvalue weighted by molar-refractivity contribution is -0.116. The number of nitrogens with one attached hydrogen (secondary N) is 1. The van der Waals surface area contributed by atoms with E-state index in [1.54, 1.807) is 18.3 Å². The summed E-state index contributed by atoms with van der Waals surface area (Å²) in [4.78, 5) is 40.6. The van der Waals surface area contributed by atoms with Crippen molar-refractivity contribution >= 4 is 45.5 Å². The molecule has 29 heavy (non-hydrogen) atoms. The number of ether oxygens (including phenoxy) is 2. The summed E-state index contributed by atoms with van der Waals surface area (Å²) in [6, 6.07) is 4.67. The molecule has 1 amide bonds. The molecule has 0 spiro atoms. The Bertz CT molecular complexity index is 887. The lowest BCUT2D eigenvalue weighted by Crippen LogP contribution is -2.29. The summed E-state index contributed by atoms with van der Waals surface area (Å²) < 4.78 is 9.59. The largest absolute Gasteiger partial charge is 0.465 e. The summed E-state index contributed by atoms with van der Waals surface area (Å²) in [5.41, 5.74) is 0.644. The normalized spacial score (nSPS) is 13.4. The van der Waals surface area contributed by atoms with Crippen LogP contribution in [0.25, 0.3) is 0 Å². The number of thiophene rings is 2. The molecular formula is C20H24N2O5S2. The van der Waals surface area contributed by atoms with Crippen LogP contribution in [0.2, 0.25) is 0 Å². The zero-order valence-corrected chi connectivity index (χ0v) is 18.3. The van der Waals surface area contributed by atoms with Crippen LogP contribution in [0, 0.1) is 6.92 Å². The van der Waals surface area contributed by atoms with Gasteiger partial charge in [-0.05, 0) is 36.8 Å². The fraction of sp³-hybridized carbons (Fsp3) is 0.450. The minimum atomic E-state index is -0.596. The monoisotopic (exact) mass is 436 g/mol. The number of anilines is 1. The summed E-state index contributed by atoms with van der Waals surface area (Å²) in [6.45, 7) is 3.12. The van der Waals surface area contributed by atoms with E-state index in [9.17, 15) is 14.4 Å². The van der Waals surface area contributed by atoms with Crippen LogP contribution in [0.3, 0.4) is 0 Å². The van der Waals surface area contributed by atoms with Crippen LogP contribution < -0.4 is 5.32 Å². The van der Waals surface area contributed by atoms with Gasteiger partial charge in [0.25, 0.3) is 0 Å². The minimum Gasteiger partial charge on any atom is -0.465 e. The van der Waals surface area contributed by atoms with Gasteiger partial charge in [0.2, 0.25) is 5.91 Å². The van der Waals surface area contributed by atoms with E-state index >= 15 is 0 Å². The van der Waals surface area contributed by atoms with E-state index in [2.05, 4.69) is 21.7 Å². The van der Waals surface area contributed by atoms with Crippen molar-refractivity contribution in [1.82, 2.24) is 4.90 Å². The van der Waals surface area contributed by atoms with Gasteiger partial charge in [-0.25, -0.2) is 9.59 Å². The first kappa shape index (κ1) is 21.5. The second-order valence-electron chi connectivity index (χ2n) is 6.82. The van der Waals surface area contributed by atoms with Gasteiger partial charge in [-0.2, -0.15) is 0 Å². The third-order valence-electron chi connectivity index (χ3n) is 4.79. The summed E-state index contributed by atoms with van der Waals surface area (Å²) >= 11 is 2.74. The van der Waals surface area contributed by atoms with Gasteiger partial charge in [-0.3, -0.25) is 9.69 Å². The maximum Gasteiger partial charge on any atom is 0.348 e. The highest BCUT2D eigenvalue weighted by Gasteiger charge is 2.30. The third kappa shape index (κ3) is 5.23. The number of hydrogen-bond donors (Lipinski definition) is 1. The number of carbonyl (C=O) groups is 3. The molecule has 2 heterocycles. The average Bonchev–Trinajstić information content (AvgIpc) is 3.34. The molecule has 0 aromatic carbocycles. The molecule has 0 bridgehead atoms. The molecule has 1 fully saturated rings. The first-order chi connectivity index (χ1) is 13.9. The zero-order valence-electron chi connectivity index (χ0n) is 16.6. The smallest absolute Gasteiger partial charge is 0.348 e. The molecule has 1 aliphatic rings. The fourth-order valence-electron chi connectivity index (χ4n) is 3.10. The van der Waals surface area contributed by atoms with Crippen LogP contribution in [-0.4, -0.2) is 49.6 Å². The topological polar surface area (TPSA) is 84.9 Å². The highest BCUT2D eigenvalue weighted by Crippen LogP contribution is 2.34. The molecular weight excluding hydrogens is 412 g/mol. The SMILES string of the molecule is COC(=O)c1sc(NC(=O)CCN(Cc2cccs2)C2CC2)c(C(=O)OC)c1C. The molecule has 2 aromatic rings. The molecule has 3 rings (SSSR count). The minimum absolute atomic E-state index is 0.198. The van der Waals surface area contributed by atoms with E-state index in [0.717, 1.165) is 30.7 Å². The van der Waals surface area contributed by atoms with Gasteiger partial charge in [-0.15, -0.1) is 22.7 Å². The highest BCUT2D eigenvalue weighted by atomic mass is 32.1. The van der Waals surface area contributed by atoms with Gasteiger partial charge in [0, 0.05) is 30.4 Å². The Balaban J connectivity index is 1.67. The maximum atomic E-state index is 12.6. The van der Waals surface area contributed by atoms with Crippen molar-refractivity contribution in [2.75, 3.05) is 26.1 Å². The van der Waals surface area contributed by atoms with E-state index in [4.69, 9.17) is 9.47 Å². The van der Waals surface area contributed by atoms with Crippen molar-refractivity contribution in [2.45, 2.75) is 38.8 Å². The van der Waals surface area contributed by atoms with Crippen LogP contribution >= 0.6 is 22.7 Å². The van der Waals surface area contributed by atoms with Crippen LogP contribution in [0.5, 0.6) is 0 Å². The predicted molar refractivity (Wildman–Crippen MR) is 113 cm³/mol. The molecule has 1 aliphatic carbocycles. The zero-order chi connectivity index (χ0) is 21.0. The maximum absolute atomic E-state index is 12.6. The van der Waals surface area contributed by atoms with Crippen molar-refractivity contribution in [2.24, 2.45) is 0 Å². The Morgan fingerprint density at radius 1 is 1.21 bits per heavy atom. The molecule has 9 heteroatoms. The van der Waals surface area contributed by atoms with Crippen LogP contribution in [0.4, 0.5) is 5.00 Å². The van der Waals surface area contributed by atoms with Crippen molar-refractivity contribution < 1.29 is 23.9 Å². The highest BCUT2D eigenvalue weighted by molar-refractivity contribution is 7.18. The second kappa shape index (κ2) is 9.51. The number of rotatable bonds is 9. The van der Waals surface area contributed by atoms with E-state index < -0.39 is 11.9 Å². The average molecular weight is 437 g/mol. The summed E-state index contributed by atoms with van der Waals surface area (Å²) in [5.74, 6) is -1.35. The Morgan fingerprint density at radius 3 is 2.52 bits per heavy atom. The Hall–Kier alpha value is -2.23. The summed E-state index contributed by atoms with van der Waals surface area (Å²) in [6.07, 6.45) is 2.62. The number of hydrogen-bond acceptors (Lipinski definition) is 8. The van der Waals surface area contributed by atoms with Crippen LogP contribution in [0.15, 0.2) is 17.5 Å². The predicted octanol–water partition coefficient (Wildman–Crippen LogP) is 3.68. The van der Waals surface area contributed by atoms with Crippen molar-refractivity contribution in [1.29, 1.82) is 0 Å². The molecule has 0 radical (unpaired) electrons. The third-order valence-corrected chi connectivity index (χ3v) is 6.84. The molecule has 0 aliphatic heterocycles. The lowest BCUT2D eigenvalue weighted by atomic mass is 10.1. The Labute approximate surface area is 177 Å². The standard InChI is InChI=1S/C20H24N2O5S2/c1-12-16(19(24)26-2)18(29-17(12)20(25)27-3)21-15(23)8-9-22(13-6-7-13)11-14-5-4-10-28-14/h4-5,10,13H,6-9,11H2,1-3H3,(H,21,23). The molecule has 2 aromatic heterocycles. The fourth-order valence-corrected chi connectivity index (χ4v) is 4.96. The van der Waals surface area contributed by atoms with Gasteiger partial charge in [-0.1, -0.05) is 6.07 Å². The molecule has 0 atom stereocenters. The summed E-state index contributed by atoms with van der Waals surface area (Å²) in [7, 11) is 2.54. The van der Waals surface area contributed by atoms with Crippen LogP contribution in [-0.2, 0) is 20.8 Å². The summed E-state index contributed by atoms with van der Waals surface area (Å²) in [5, 5.41) is 5.16. The van der Waals surface area contributed by atoms with Crippen molar-refractivity contribution in [3.8, 4) is 0 Å². The molecule has 1 saturated carbocycles. The van der Waals surface area contributed by atoms with Gasteiger partial charge in [0.05, 0.1) is 19.8 Å². The van der Waals surface area contributed by atoms with Crippen molar-refractivity contribution in [3.63, 3.8) is 0 Å². The van der Waals surface area contributed by atoms with Gasteiger partial charge in [0.15, 0.2) is 0 Å². The van der Waals surface area contributed by atoms with Crippen molar-refractivity contribution in [3.05, 3.63) is 38.4 Å². The van der Waals surface area contributed by atoms with Gasteiger partial charge >= 0.3 is 11.9 Å². The first-order valence-electron chi connectivity index (χ1n) is 9.30. The van der Waals surface area contributed by atoms with Gasteiger partial charge < -0.3 is 14.8 Å². The lowest BCUT2D eigenvalue weighted by Gasteiger charge is -2.20. The Morgan fingerprint density at radius 2 is 1.93 bits per heavy atom. The first-order valence-corrected chi connectivity index (χ1v) is 11.0. The second-order valence-corrected chi connectivity index (χ2v) is 8.88. The number of esters is 2. The van der Waals surface area contributed by atoms with Gasteiger partial charge in [0.1, 0.15) is 9.88 Å². The number of amides is 1. The molecule has 156 valence electrons. The van der Waals surface area contributed by atoms with E-state index in [1.165, 1.54) is 19.1 Å². The van der Waals surface area contributed by atoms with E-state index in [-0.39, 0.29) is 16.3 Å². The number of methoxy groups -OCH3 is 2. The quantitative estimate of drug-likeness (QED) is 0.604.